The number of ether oxygens (including phenoxy) is 2. The first-order chi connectivity index (χ1) is 14.1. The predicted molar refractivity (Wildman–Crippen MR) is 106 cm³/mol. The van der Waals surface area contributed by atoms with Crippen LogP contribution in [0.1, 0.15) is 17.9 Å². The molecule has 152 valence electrons. The normalized spacial score (nSPS) is 18.6. The summed E-state index contributed by atoms with van der Waals surface area (Å²) in [5.74, 6) is -0.856. The van der Waals surface area contributed by atoms with Gasteiger partial charge in [0, 0.05) is 19.5 Å². The van der Waals surface area contributed by atoms with E-state index in [4.69, 9.17) is 9.47 Å². The third-order valence-electron chi connectivity index (χ3n) is 4.93. The molecule has 3 heterocycles. The molecule has 0 radical (unpaired) electrons. The molecule has 2 aliphatic rings. The predicted octanol–water partition coefficient (Wildman–Crippen LogP) is 0.680. The summed E-state index contributed by atoms with van der Waals surface area (Å²) in [6.45, 7) is 2.20. The van der Waals surface area contributed by atoms with Crippen LogP contribution in [0.15, 0.2) is 29.1 Å². The smallest absolute Gasteiger partial charge is 0.258 e. The molecular weight excluding hydrogens is 378 g/mol. The van der Waals surface area contributed by atoms with E-state index in [1.165, 1.54) is 7.11 Å². The van der Waals surface area contributed by atoms with Gasteiger partial charge in [0.05, 0.1) is 37.5 Å². The Morgan fingerprint density at radius 2 is 2.03 bits per heavy atom. The molecule has 1 unspecified atom stereocenters. The highest BCUT2D eigenvalue weighted by atomic mass is 16.5. The maximum absolute atomic E-state index is 12.9. The van der Waals surface area contributed by atoms with E-state index in [1.54, 1.807) is 24.3 Å². The number of aromatic amines is 1. The lowest BCUT2D eigenvalue weighted by atomic mass is 9.92. The Kier molecular flexibility index (Phi) is 5.17. The van der Waals surface area contributed by atoms with E-state index in [1.807, 2.05) is 4.90 Å². The van der Waals surface area contributed by atoms with Gasteiger partial charge >= 0.3 is 0 Å². The molecule has 1 aromatic heterocycles. The van der Waals surface area contributed by atoms with Crippen LogP contribution in [-0.4, -0.2) is 55.2 Å². The lowest BCUT2D eigenvalue weighted by Crippen LogP contribution is -2.41. The largest absolute Gasteiger partial charge is 0.495 e. The van der Waals surface area contributed by atoms with Crippen molar-refractivity contribution in [1.82, 2.24) is 9.97 Å². The number of hydrogen-bond donors (Lipinski definition) is 3. The summed E-state index contributed by atoms with van der Waals surface area (Å²) in [5, 5.41) is 5.37. The monoisotopic (exact) mass is 399 g/mol. The second kappa shape index (κ2) is 7.92. The molecule has 1 atom stereocenters. The lowest BCUT2D eigenvalue weighted by molar-refractivity contribution is -0.123. The summed E-state index contributed by atoms with van der Waals surface area (Å²) in [6, 6.07) is 6.92. The first-order valence-electron chi connectivity index (χ1n) is 9.27. The van der Waals surface area contributed by atoms with Gasteiger partial charge in [-0.3, -0.25) is 19.4 Å². The number of aromatic nitrogens is 2. The lowest BCUT2D eigenvalue weighted by Gasteiger charge is -2.29. The van der Waals surface area contributed by atoms with E-state index in [0.717, 1.165) is 0 Å². The summed E-state index contributed by atoms with van der Waals surface area (Å²) in [4.78, 5) is 47.0. The molecule has 0 saturated carbocycles. The zero-order valence-electron chi connectivity index (χ0n) is 15.9. The highest BCUT2D eigenvalue weighted by Crippen LogP contribution is 2.31. The second-order valence-electron chi connectivity index (χ2n) is 6.75. The molecule has 1 aromatic carbocycles. The maximum atomic E-state index is 12.9. The molecule has 0 spiro atoms. The number of methoxy groups -OCH3 is 1. The summed E-state index contributed by atoms with van der Waals surface area (Å²) >= 11 is 0. The number of rotatable bonds is 4. The number of H-pyrrole nitrogens is 1. The summed E-state index contributed by atoms with van der Waals surface area (Å²) in [7, 11) is 1.50. The third-order valence-corrected chi connectivity index (χ3v) is 4.93. The molecule has 1 saturated heterocycles. The molecule has 29 heavy (non-hydrogen) atoms. The number of nitrogens with one attached hydrogen (secondary N) is 3. The fourth-order valence-corrected chi connectivity index (χ4v) is 3.48. The fourth-order valence-electron chi connectivity index (χ4n) is 3.48. The highest BCUT2D eigenvalue weighted by molar-refractivity contribution is 6.04. The number of amides is 2. The third kappa shape index (κ3) is 3.79. The van der Waals surface area contributed by atoms with E-state index in [2.05, 4.69) is 20.6 Å². The fraction of sp³-hybridized carbons (Fsp3) is 0.368. The molecule has 2 aromatic rings. The van der Waals surface area contributed by atoms with Gasteiger partial charge in [0.25, 0.3) is 5.56 Å². The molecule has 0 aliphatic carbocycles. The molecule has 10 heteroatoms. The Morgan fingerprint density at radius 1 is 1.28 bits per heavy atom. The molecule has 1 fully saturated rings. The van der Waals surface area contributed by atoms with Gasteiger partial charge in [-0.1, -0.05) is 12.1 Å². The Bertz CT molecular complexity index is 999. The van der Waals surface area contributed by atoms with Crippen molar-refractivity contribution in [3.05, 3.63) is 40.2 Å². The number of carbonyl (C=O) groups is 2. The Balaban J connectivity index is 1.65. The number of para-hydroxylation sites is 2. The first kappa shape index (κ1) is 18.9. The van der Waals surface area contributed by atoms with Crippen molar-refractivity contribution in [3.8, 4) is 5.75 Å². The van der Waals surface area contributed by atoms with Crippen molar-refractivity contribution in [2.24, 2.45) is 0 Å². The number of nitrogens with zero attached hydrogens (tertiary/aromatic N) is 2. The van der Waals surface area contributed by atoms with E-state index in [-0.39, 0.29) is 23.7 Å². The standard InChI is InChI=1S/C19H21N5O5/c1-28-13-5-3-2-4-12(13)20-17(26)11-10-14(25)21-16-15(11)18(27)23-19(22-16)24-6-8-29-9-7-24/h2-5,11H,6-10H2,1H3,(H,20,26)(H2,21,22,23,25,27). The van der Waals surface area contributed by atoms with Gasteiger partial charge in [-0.05, 0) is 12.1 Å². The minimum Gasteiger partial charge on any atom is -0.495 e. The Hall–Kier alpha value is -3.40. The Morgan fingerprint density at radius 3 is 2.79 bits per heavy atom. The number of anilines is 3. The van der Waals surface area contributed by atoms with Crippen LogP contribution in [0, 0.1) is 0 Å². The molecular formula is C19H21N5O5. The summed E-state index contributed by atoms with van der Waals surface area (Å²) < 4.78 is 10.6. The number of hydrogen-bond acceptors (Lipinski definition) is 7. The van der Waals surface area contributed by atoms with Crippen LogP contribution in [0.3, 0.4) is 0 Å². The van der Waals surface area contributed by atoms with Crippen LogP contribution >= 0.6 is 0 Å². The van der Waals surface area contributed by atoms with Crippen LogP contribution in [0.4, 0.5) is 17.5 Å². The van der Waals surface area contributed by atoms with E-state index >= 15 is 0 Å². The highest BCUT2D eigenvalue weighted by Gasteiger charge is 2.35. The van der Waals surface area contributed by atoms with Crippen molar-refractivity contribution in [1.29, 1.82) is 0 Å². The molecule has 0 bridgehead atoms. The van der Waals surface area contributed by atoms with Crippen molar-refractivity contribution in [2.75, 3.05) is 48.9 Å². The van der Waals surface area contributed by atoms with Crippen molar-refractivity contribution in [2.45, 2.75) is 12.3 Å². The second-order valence-corrected chi connectivity index (χ2v) is 6.75. The van der Waals surface area contributed by atoms with E-state index in [9.17, 15) is 14.4 Å². The van der Waals surface area contributed by atoms with Crippen LogP contribution in [0.25, 0.3) is 0 Å². The van der Waals surface area contributed by atoms with Gasteiger partial charge in [0.15, 0.2) is 0 Å². The van der Waals surface area contributed by atoms with Crippen molar-refractivity contribution < 1.29 is 19.1 Å². The van der Waals surface area contributed by atoms with Gasteiger partial charge in [-0.15, -0.1) is 0 Å². The zero-order chi connectivity index (χ0) is 20.4. The van der Waals surface area contributed by atoms with Gasteiger partial charge in [0.1, 0.15) is 11.6 Å². The summed E-state index contributed by atoms with van der Waals surface area (Å²) in [6.07, 6.45) is -0.143. The number of morpholine rings is 1. The minimum atomic E-state index is -0.960. The van der Waals surface area contributed by atoms with Crippen LogP contribution < -0.4 is 25.8 Å². The number of fused-ring (bicyclic) bond motifs is 1. The van der Waals surface area contributed by atoms with Gasteiger partial charge < -0.3 is 25.0 Å². The molecule has 2 amide bonds. The van der Waals surface area contributed by atoms with Crippen LogP contribution in [-0.2, 0) is 14.3 Å². The van der Waals surface area contributed by atoms with Crippen LogP contribution in [0.2, 0.25) is 0 Å². The molecule has 3 N–H and O–H groups in total. The summed E-state index contributed by atoms with van der Waals surface area (Å²) in [5.41, 5.74) is 0.160. The Labute approximate surface area is 166 Å². The quantitative estimate of drug-likeness (QED) is 0.690. The van der Waals surface area contributed by atoms with Crippen molar-refractivity contribution in [3.63, 3.8) is 0 Å². The molecule has 2 aliphatic heterocycles. The molecule has 4 rings (SSSR count). The first-order valence-corrected chi connectivity index (χ1v) is 9.27. The average Bonchev–Trinajstić information content (AvgIpc) is 2.73. The van der Waals surface area contributed by atoms with Crippen LogP contribution in [0.5, 0.6) is 5.75 Å². The minimum absolute atomic E-state index is 0.117. The maximum Gasteiger partial charge on any atom is 0.258 e. The SMILES string of the molecule is COc1ccccc1NC(=O)C1CC(=O)Nc2nc(N3CCOCC3)[nH]c(=O)c21. The van der Waals surface area contributed by atoms with E-state index in [0.29, 0.717) is 43.7 Å². The van der Waals surface area contributed by atoms with E-state index < -0.39 is 17.4 Å². The van der Waals surface area contributed by atoms with Crippen molar-refractivity contribution >= 4 is 29.3 Å². The van der Waals surface area contributed by atoms with Gasteiger partial charge in [-0.25, -0.2) is 0 Å². The number of benzene rings is 1. The average molecular weight is 399 g/mol. The van der Waals surface area contributed by atoms with Gasteiger partial charge in [-0.2, -0.15) is 4.98 Å². The zero-order valence-corrected chi connectivity index (χ0v) is 15.9. The topological polar surface area (TPSA) is 126 Å². The van der Waals surface area contributed by atoms with Gasteiger partial charge in [0.2, 0.25) is 17.8 Å². The molecule has 10 nitrogen and oxygen atoms in total. The number of carbonyl (C=O) groups excluding carboxylic acids is 2.